The second kappa shape index (κ2) is 8.42. The molecule has 3 N–H and O–H groups in total. The van der Waals surface area contributed by atoms with Crippen LogP contribution in [0.3, 0.4) is 0 Å². The molecule has 6 heterocycles. The van der Waals surface area contributed by atoms with Crippen molar-refractivity contribution in [3.8, 4) is 33.1 Å². The molecule has 0 saturated heterocycles. The number of hydrogen-bond donors (Lipinski definition) is 3. The van der Waals surface area contributed by atoms with Crippen molar-refractivity contribution in [2.75, 3.05) is 5.32 Å². The molecule has 0 aromatic carbocycles. The average molecular weight is 490 g/mol. The van der Waals surface area contributed by atoms with E-state index in [1.54, 1.807) is 11.3 Å². The van der Waals surface area contributed by atoms with Gasteiger partial charge in [-0.1, -0.05) is 19.1 Å². The maximum Gasteiger partial charge on any atom is 0.116 e. The van der Waals surface area contributed by atoms with Gasteiger partial charge in [-0.2, -0.15) is 5.10 Å². The number of pyridine rings is 3. The molecule has 0 aliphatic heterocycles. The van der Waals surface area contributed by atoms with Crippen LogP contribution in [0.5, 0.6) is 0 Å². The number of nitrogens with zero attached hydrogens (tertiary/aromatic N) is 4. The standard InChI is InChI=1S/C28H23N7S/c1-16(17-4-2-5-17)32-19-8-18(11-29-12-19)23-10-21-26(15-31-23)34-35-28(21)24-9-20-22(27-6-3-7-36-27)13-30-14-25(20)33-24/h3,6-15,17,32-33H,1-2,4-5H2,(H,34,35). The summed E-state index contributed by atoms with van der Waals surface area (Å²) >= 11 is 1.71. The van der Waals surface area contributed by atoms with Gasteiger partial charge in [0.1, 0.15) is 5.69 Å². The highest BCUT2D eigenvalue weighted by molar-refractivity contribution is 7.13. The van der Waals surface area contributed by atoms with E-state index < -0.39 is 0 Å². The molecule has 0 radical (unpaired) electrons. The Hall–Kier alpha value is -4.30. The van der Waals surface area contributed by atoms with Gasteiger partial charge in [-0.3, -0.25) is 20.1 Å². The average Bonchev–Trinajstić information content (AvgIpc) is 3.61. The second-order valence-electron chi connectivity index (χ2n) is 9.24. The van der Waals surface area contributed by atoms with E-state index in [-0.39, 0.29) is 0 Å². The van der Waals surface area contributed by atoms with Crippen LogP contribution in [-0.4, -0.2) is 30.1 Å². The van der Waals surface area contributed by atoms with Gasteiger partial charge in [-0.25, -0.2) is 0 Å². The smallest absolute Gasteiger partial charge is 0.116 e. The Bertz CT molecular complexity index is 1720. The van der Waals surface area contributed by atoms with Crippen molar-refractivity contribution in [2.45, 2.75) is 19.3 Å². The maximum absolute atomic E-state index is 4.68. The molecule has 36 heavy (non-hydrogen) atoms. The molecular weight excluding hydrogens is 466 g/mol. The summed E-state index contributed by atoms with van der Waals surface area (Å²) in [4.78, 5) is 18.3. The summed E-state index contributed by atoms with van der Waals surface area (Å²) in [6.07, 6.45) is 13.0. The minimum atomic E-state index is 0.559. The third kappa shape index (κ3) is 3.58. The molecule has 7 nitrogen and oxygen atoms in total. The number of allylic oxidation sites excluding steroid dienone is 1. The zero-order valence-electron chi connectivity index (χ0n) is 19.5. The lowest BCUT2D eigenvalue weighted by molar-refractivity contribution is 0.371. The van der Waals surface area contributed by atoms with Crippen LogP contribution >= 0.6 is 11.3 Å². The minimum Gasteiger partial charge on any atom is -0.358 e. The number of aromatic nitrogens is 6. The summed E-state index contributed by atoms with van der Waals surface area (Å²) in [6, 6.07) is 10.5. The number of H-pyrrole nitrogens is 2. The number of hydrogen-bond acceptors (Lipinski definition) is 6. The molecule has 6 aromatic rings. The first-order valence-electron chi connectivity index (χ1n) is 12.0. The number of rotatable bonds is 6. The van der Waals surface area contributed by atoms with Gasteiger partial charge in [0, 0.05) is 44.9 Å². The monoisotopic (exact) mass is 489 g/mol. The van der Waals surface area contributed by atoms with Gasteiger partial charge in [0.2, 0.25) is 0 Å². The van der Waals surface area contributed by atoms with E-state index in [1.165, 1.54) is 24.1 Å². The van der Waals surface area contributed by atoms with E-state index in [9.17, 15) is 0 Å². The fourth-order valence-electron chi connectivity index (χ4n) is 4.78. The third-order valence-electron chi connectivity index (χ3n) is 6.97. The highest BCUT2D eigenvalue weighted by Crippen LogP contribution is 2.36. The molecule has 0 bridgehead atoms. The molecule has 6 aromatic heterocycles. The van der Waals surface area contributed by atoms with Crippen LogP contribution in [0, 0.1) is 5.92 Å². The number of nitrogens with one attached hydrogen (secondary N) is 3. The van der Waals surface area contributed by atoms with Crippen molar-refractivity contribution >= 4 is 38.8 Å². The van der Waals surface area contributed by atoms with Gasteiger partial charge in [-0.05, 0) is 48.4 Å². The minimum absolute atomic E-state index is 0.559. The molecule has 1 aliphatic rings. The molecule has 1 saturated carbocycles. The molecule has 1 aliphatic carbocycles. The first kappa shape index (κ1) is 21.0. The van der Waals surface area contributed by atoms with Crippen LogP contribution in [0.25, 0.3) is 54.9 Å². The quantitative estimate of drug-likeness (QED) is 0.234. The fourth-order valence-corrected chi connectivity index (χ4v) is 5.53. The molecular formula is C28H23N7S. The topological polar surface area (TPSA) is 95.2 Å². The molecule has 7 rings (SSSR count). The van der Waals surface area contributed by atoms with E-state index in [2.05, 4.69) is 77.7 Å². The summed E-state index contributed by atoms with van der Waals surface area (Å²) < 4.78 is 0. The summed E-state index contributed by atoms with van der Waals surface area (Å²) in [6.45, 7) is 4.22. The van der Waals surface area contributed by atoms with Gasteiger partial charge < -0.3 is 10.3 Å². The molecule has 0 amide bonds. The van der Waals surface area contributed by atoms with Crippen LogP contribution < -0.4 is 5.32 Å². The zero-order chi connectivity index (χ0) is 24.1. The van der Waals surface area contributed by atoms with E-state index in [4.69, 9.17) is 0 Å². The SMILES string of the molecule is C=C(Nc1cncc(-c2cc3c(-c4cc5c(-c6cccs6)cncc5[nH]4)n[nH]c3cn2)c1)C1CCC1. The first-order valence-corrected chi connectivity index (χ1v) is 12.9. The molecule has 176 valence electrons. The number of anilines is 1. The summed E-state index contributed by atoms with van der Waals surface area (Å²) in [5, 5.41) is 15.4. The molecule has 8 heteroatoms. The van der Waals surface area contributed by atoms with Crippen molar-refractivity contribution in [2.24, 2.45) is 5.92 Å². The van der Waals surface area contributed by atoms with Gasteiger partial charge >= 0.3 is 0 Å². The van der Waals surface area contributed by atoms with E-state index in [0.717, 1.165) is 61.4 Å². The Labute approximate surface area is 211 Å². The Balaban J connectivity index is 1.26. The summed E-state index contributed by atoms with van der Waals surface area (Å²) in [5.41, 5.74) is 8.54. The lowest BCUT2D eigenvalue weighted by Gasteiger charge is -2.28. The Kier molecular flexibility index (Phi) is 4.92. The fraction of sp³-hybridized carbons (Fsp3) is 0.143. The number of thiophene rings is 1. The number of aromatic amines is 2. The van der Waals surface area contributed by atoms with Gasteiger partial charge in [-0.15, -0.1) is 11.3 Å². The van der Waals surface area contributed by atoms with Gasteiger partial charge in [0.15, 0.2) is 0 Å². The maximum atomic E-state index is 4.68. The van der Waals surface area contributed by atoms with Crippen molar-refractivity contribution in [3.05, 3.63) is 79.0 Å². The Morgan fingerprint density at radius 3 is 2.75 bits per heavy atom. The molecule has 1 fully saturated rings. The van der Waals surface area contributed by atoms with Gasteiger partial charge in [0.25, 0.3) is 0 Å². The Morgan fingerprint density at radius 2 is 1.92 bits per heavy atom. The first-order chi connectivity index (χ1) is 17.7. The van der Waals surface area contributed by atoms with Crippen molar-refractivity contribution in [1.82, 2.24) is 30.1 Å². The Morgan fingerprint density at radius 1 is 1.00 bits per heavy atom. The highest BCUT2D eigenvalue weighted by atomic mass is 32.1. The van der Waals surface area contributed by atoms with Crippen molar-refractivity contribution in [1.29, 1.82) is 0 Å². The van der Waals surface area contributed by atoms with Crippen LogP contribution in [0.15, 0.2) is 79.0 Å². The van der Waals surface area contributed by atoms with E-state index >= 15 is 0 Å². The molecule has 0 unspecified atom stereocenters. The predicted molar refractivity (Wildman–Crippen MR) is 146 cm³/mol. The lowest BCUT2D eigenvalue weighted by atomic mass is 9.83. The predicted octanol–water partition coefficient (Wildman–Crippen LogP) is 7.02. The van der Waals surface area contributed by atoms with Gasteiger partial charge in [0.05, 0.1) is 46.7 Å². The summed E-state index contributed by atoms with van der Waals surface area (Å²) in [5.74, 6) is 0.559. The summed E-state index contributed by atoms with van der Waals surface area (Å²) in [7, 11) is 0. The molecule has 0 spiro atoms. The third-order valence-corrected chi connectivity index (χ3v) is 7.87. The van der Waals surface area contributed by atoms with E-state index in [0.29, 0.717) is 5.92 Å². The van der Waals surface area contributed by atoms with Crippen molar-refractivity contribution in [3.63, 3.8) is 0 Å². The van der Waals surface area contributed by atoms with Crippen LogP contribution in [-0.2, 0) is 0 Å². The van der Waals surface area contributed by atoms with Crippen LogP contribution in [0.2, 0.25) is 0 Å². The lowest BCUT2D eigenvalue weighted by Crippen LogP contribution is -2.18. The zero-order valence-corrected chi connectivity index (χ0v) is 20.3. The van der Waals surface area contributed by atoms with Crippen LogP contribution in [0.1, 0.15) is 19.3 Å². The normalized spacial score (nSPS) is 13.8. The second-order valence-corrected chi connectivity index (χ2v) is 10.2. The van der Waals surface area contributed by atoms with E-state index in [1.807, 2.05) is 31.0 Å². The van der Waals surface area contributed by atoms with Crippen LogP contribution in [0.4, 0.5) is 5.69 Å². The highest BCUT2D eigenvalue weighted by Gasteiger charge is 2.21. The van der Waals surface area contributed by atoms with Crippen molar-refractivity contribution < 1.29 is 0 Å². The number of fused-ring (bicyclic) bond motifs is 2. The largest absolute Gasteiger partial charge is 0.358 e. The molecule has 0 atom stereocenters.